The van der Waals surface area contributed by atoms with Gasteiger partial charge in [-0.15, -0.1) is 0 Å². The van der Waals surface area contributed by atoms with Crippen LogP contribution in [0.5, 0.6) is 0 Å². The number of hydrogen-bond acceptors (Lipinski definition) is 1. The van der Waals surface area contributed by atoms with Crippen molar-refractivity contribution in [3.63, 3.8) is 0 Å². The zero-order valence-electron chi connectivity index (χ0n) is 13.3. The van der Waals surface area contributed by atoms with Gasteiger partial charge in [0, 0.05) is 11.4 Å². The minimum Gasteiger partial charge on any atom is -0.356 e. The van der Waals surface area contributed by atoms with Crippen molar-refractivity contribution in [2.24, 2.45) is 0 Å². The molecule has 0 heterocycles. The first-order chi connectivity index (χ1) is 11.9. The maximum atomic E-state index is 3.55. The summed E-state index contributed by atoms with van der Waals surface area (Å²) < 4.78 is 0. The van der Waals surface area contributed by atoms with Crippen LogP contribution in [0.2, 0.25) is 0 Å². The van der Waals surface area contributed by atoms with Gasteiger partial charge in [-0.05, 0) is 63.7 Å². The van der Waals surface area contributed by atoms with Gasteiger partial charge in [-0.2, -0.15) is 0 Å². The Bertz CT molecular complexity index is 1060. The lowest BCUT2D eigenvalue weighted by Crippen LogP contribution is -1.91. The zero-order chi connectivity index (χ0) is 15.9. The Morgan fingerprint density at radius 2 is 1.25 bits per heavy atom. The maximum Gasteiger partial charge on any atom is 0.0390 e. The number of hydrogen-bond donors (Lipinski definition) is 1. The number of anilines is 2. The van der Waals surface area contributed by atoms with Gasteiger partial charge in [-0.25, -0.2) is 0 Å². The fraction of sp³-hybridized carbons (Fsp3) is 0.0435. The lowest BCUT2D eigenvalue weighted by molar-refractivity contribution is 1.26. The van der Waals surface area contributed by atoms with E-state index in [0.29, 0.717) is 0 Å². The lowest BCUT2D eigenvalue weighted by atomic mass is 10.1. The normalized spacial score (nSPS) is 12.0. The van der Waals surface area contributed by atoms with Crippen LogP contribution in [0, 0.1) is 0 Å². The Labute approximate surface area is 141 Å². The average Bonchev–Trinajstić information content (AvgIpc) is 2.99. The predicted octanol–water partition coefficient (Wildman–Crippen LogP) is 6.15. The van der Waals surface area contributed by atoms with Crippen molar-refractivity contribution in [1.29, 1.82) is 0 Å². The van der Waals surface area contributed by atoms with E-state index in [0.717, 1.165) is 17.8 Å². The fourth-order valence-corrected chi connectivity index (χ4v) is 3.66. The molecule has 4 aromatic carbocycles. The van der Waals surface area contributed by atoms with Gasteiger partial charge < -0.3 is 5.32 Å². The summed E-state index contributed by atoms with van der Waals surface area (Å²) in [5, 5.41) is 6.08. The third kappa shape index (κ3) is 2.17. The van der Waals surface area contributed by atoms with Crippen LogP contribution in [-0.4, -0.2) is 0 Å². The van der Waals surface area contributed by atoms with Gasteiger partial charge in [0.15, 0.2) is 0 Å². The van der Waals surface area contributed by atoms with Crippen LogP contribution in [0.15, 0.2) is 84.9 Å². The molecule has 1 N–H and O–H groups in total. The van der Waals surface area contributed by atoms with Gasteiger partial charge in [0.1, 0.15) is 0 Å². The number of fused-ring (bicyclic) bond motifs is 4. The Kier molecular flexibility index (Phi) is 2.92. The summed E-state index contributed by atoms with van der Waals surface area (Å²) in [5.41, 5.74) is 7.86. The van der Waals surface area contributed by atoms with E-state index in [-0.39, 0.29) is 0 Å². The summed E-state index contributed by atoms with van der Waals surface area (Å²) in [5.74, 6) is 0. The predicted molar refractivity (Wildman–Crippen MR) is 102 cm³/mol. The molecule has 1 nitrogen and oxygen atoms in total. The second-order valence-electron chi connectivity index (χ2n) is 6.39. The molecule has 5 rings (SSSR count). The third-order valence-electron chi connectivity index (χ3n) is 4.83. The molecule has 0 aliphatic heterocycles. The van der Waals surface area contributed by atoms with Gasteiger partial charge in [0.25, 0.3) is 0 Å². The van der Waals surface area contributed by atoms with Crippen LogP contribution >= 0.6 is 0 Å². The smallest absolute Gasteiger partial charge is 0.0390 e. The highest BCUT2D eigenvalue weighted by atomic mass is 14.9. The van der Waals surface area contributed by atoms with Gasteiger partial charge >= 0.3 is 0 Å². The molecule has 24 heavy (non-hydrogen) atoms. The van der Waals surface area contributed by atoms with E-state index in [1.54, 1.807) is 0 Å². The van der Waals surface area contributed by atoms with Crippen molar-refractivity contribution in [2.75, 3.05) is 5.32 Å². The number of rotatable bonds is 2. The zero-order valence-corrected chi connectivity index (χ0v) is 13.3. The van der Waals surface area contributed by atoms with E-state index >= 15 is 0 Å². The molecule has 114 valence electrons. The van der Waals surface area contributed by atoms with Gasteiger partial charge in [-0.3, -0.25) is 0 Å². The molecule has 0 aromatic heterocycles. The molecule has 0 fully saturated rings. The molecule has 0 atom stereocenters. The molecule has 1 aliphatic rings. The molecule has 1 heteroatoms. The standard InChI is InChI=1S/C23H17N/c1-2-6-17-14-20(10-9-16(17)5-1)24-21-11-12-23-19(15-21)13-18-7-3-4-8-22(18)23/h1-12,14-15,24H,13H2. The van der Waals surface area contributed by atoms with Crippen molar-refractivity contribution in [1.82, 2.24) is 0 Å². The minimum absolute atomic E-state index is 1.03. The molecule has 0 spiro atoms. The largest absolute Gasteiger partial charge is 0.356 e. The Hall–Kier alpha value is -3.06. The summed E-state index contributed by atoms with van der Waals surface area (Å²) in [7, 11) is 0. The molecule has 0 unspecified atom stereocenters. The SMILES string of the molecule is c1ccc2c(c1)Cc1cc(Nc3ccc4ccccc4c3)ccc1-2. The first kappa shape index (κ1) is 13.4. The molecule has 1 aliphatic carbocycles. The Morgan fingerprint density at radius 1 is 0.542 bits per heavy atom. The van der Waals surface area contributed by atoms with E-state index in [4.69, 9.17) is 0 Å². The molecule has 0 amide bonds. The summed E-state index contributed by atoms with van der Waals surface area (Å²) >= 11 is 0. The van der Waals surface area contributed by atoms with Crippen molar-refractivity contribution in [3.05, 3.63) is 96.1 Å². The summed E-state index contributed by atoms with van der Waals surface area (Å²) in [6.45, 7) is 0. The topological polar surface area (TPSA) is 12.0 Å². The molecule has 0 bridgehead atoms. The molecular weight excluding hydrogens is 290 g/mol. The van der Waals surface area contributed by atoms with Gasteiger partial charge in [-0.1, -0.05) is 60.7 Å². The summed E-state index contributed by atoms with van der Waals surface area (Å²) in [4.78, 5) is 0. The first-order valence-electron chi connectivity index (χ1n) is 8.34. The fourth-order valence-electron chi connectivity index (χ4n) is 3.66. The highest BCUT2D eigenvalue weighted by Gasteiger charge is 2.17. The van der Waals surface area contributed by atoms with Crippen LogP contribution in [0.4, 0.5) is 11.4 Å². The number of nitrogens with one attached hydrogen (secondary N) is 1. The highest BCUT2D eigenvalue weighted by molar-refractivity contribution is 5.87. The van der Waals surface area contributed by atoms with Crippen molar-refractivity contribution in [3.8, 4) is 11.1 Å². The quantitative estimate of drug-likeness (QED) is 0.412. The van der Waals surface area contributed by atoms with Crippen molar-refractivity contribution in [2.45, 2.75) is 6.42 Å². The monoisotopic (exact) mass is 307 g/mol. The van der Waals surface area contributed by atoms with Crippen LogP contribution < -0.4 is 5.32 Å². The second kappa shape index (κ2) is 5.24. The van der Waals surface area contributed by atoms with Crippen LogP contribution in [0.1, 0.15) is 11.1 Å². The van der Waals surface area contributed by atoms with Crippen LogP contribution in [0.3, 0.4) is 0 Å². The molecule has 0 saturated heterocycles. The Morgan fingerprint density at radius 3 is 2.21 bits per heavy atom. The first-order valence-corrected chi connectivity index (χ1v) is 8.34. The van der Waals surface area contributed by atoms with Gasteiger partial charge in [0.2, 0.25) is 0 Å². The Balaban J connectivity index is 1.49. The molecule has 0 radical (unpaired) electrons. The number of benzene rings is 4. The van der Waals surface area contributed by atoms with Crippen LogP contribution in [0.25, 0.3) is 21.9 Å². The minimum atomic E-state index is 1.03. The van der Waals surface area contributed by atoms with E-state index in [1.165, 1.54) is 33.0 Å². The van der Waals surface area contributed by atoms with Gasteiger partial charge in [0.05, 0.1) is 0 Å². The van der Waals surface area contributed by atoms with Crippen molar-refractivity contribution >= 4 is 22.1 Å². The van der Waals surface area contributed by atoms with E-state index in [1.807, 2.05) is 0 Å². The maximum absolute atomic E-state index is 3.55. The highest BCUT2D eigenvalue weighted by Crippen LogP contribution is 2.38. The summed E-state index contributed by atoms with van der Waals surface area (Å²) in [6.07, 6.45) is 1.03. The van der Waals surface area contributed by atoms with Crippen molar-refractivity contribution < 1.29 is 0 Å². The van der Waals surface area contributed by atoms with E-state index in [2.05, 4.69) is 90.2 Å². The van der Waals surface area contributed by atoms with Crippen LogP contribution in [-0.2, 0) is 6.42 Å². The second-order valence-corrected chi connectivity index (χ2v) is 6.39. The van der Waals surface area contributed by atoms with E-state index in [9.17, 15) is 0 Å². The third-order valence-corrected chi connectivity index (χ3v) is 4.83. The molecule has 4 aromatic rings. The average molecular weight is 307 g/mol. The molecular formula is C23H17N. The van der Waals surface area contributed by atoms with E-state index < -0.39 is 0 Å². The lowest BCUT2D eigenvalue weighted by Gasteiger charge is -2.10. The molecule has 0 saturated carbocycles. The summed E-state index contributed by atoms with van der Waals surface area (Å²) in [6, 6.07) is 30.4.